The number of anilines is 1. The van der Waals surface area contributed by atoms with E-state index in [1.54, 1.807) is 7.11 Å². The summed E-state index contributed by atoms with van der Waals surface area (Å²) < 4.78 is 5.27. The Kier molecular flexibility index (Phi) is 5.41. The highest BCUT2D eigenvalue weighted by Crippen LogP contribution is 2.31. The summed E-state index contributed by atoms with van der Waals surface area (Å²) in [5, 5.41) is 0. The average Bonchev–Trinajstić information content (AvgIpc) is 3.02. The van der Waals surface area contributed by atoms with Gasteiger partial charge in [0.2, 0.25) is 5.91 Å². The van der Waals surface area contributed by atoms with E-state index in [1.165, 1.54) is 5.56 Å². The van der Waals surface area contributed by atoms with E-state index in [-0.39, 0.29) is 5.91 Å². The largest absolute Gasteiger partial charge is 0.497 e. The van der Waals surface area contributed by atoms with Gasteiger partial charge < -0.3 is 9.64 Å². The predicted octanol–water partition coefficient (Wildman–Crippen LogP) is 2.40. The highest BCUT2D eigenvalue weighted by atomic mass is 16.5. The van der Waals surface area contributed by atoms with Crippen LogP contribution in [0.2, 0.25) is 0 Å². The lowest BCUT2D eigenvalue weighted by Gasteiger charge is -2.35. The Morgan fingerprint density at radius 1 is 0.926 bits per heavy atom. The van der Waals surface area contributed by atoms with Gasteiger partial charge in [0, 0.05) is 51.5 Å². The molecule has 1 fully saturated rings. The van der Waals surface area contributed by atoms with E-state index in [9.17, 15) is 4.79 Å². The third-order valence-electron chi connectivity index (χ3n) is 5.57. The number of methoxy groups -OCH3 is 1. The molecule has 2 heterocycles. The molecule has 5 nitrogen and oxygen atoms in total. The zero-order chi connectivity index (χ0) is 18.6. The number of hydrogen-bond donors (Lipinski definition) is 0. The van der Waals surface area contributed by atoms with E-state index in [4.69, 9.17) is 4.74 Å². The third-order valence-corrected chi connectivity index (χ3v) is 5.57. The Morgan fingerprint density at radius 3 is 2.41 bits per heavy atom. The summed E-state index contributed by atoms with van der Waals surface area (Å²) in [6.45, 7) is 6.99. The summed E-state index contributed by atoms with van der Waals surface area (Å²) >= 11 is 0. The van der Waals surface area contributed by atoms with E-state index in [1.807, 2.05) is 23.1 Å². The van der Waals surface area contributed by atoms with Gasteiger partial charge in [0.05, 0.1) is 13.5 Å². The van der Waals surface area contributed by atoms with Gasteiger partial charge in [-0.3, -0.25) is 14.6 Å². The lowest BCUT2D eigenvalue weighted by Crippen LogP contribution is -2.48. The fourth-order valence-electron chi connectivity index (χ4n) is 3.99. The zero-order valence-corrected chi connectivity index (χ0v) is 15.9. The molecule has 0 aliphatic carbocycles. The second-order valence-electron chi connectivity index (χ2n) is 7.32. The number of piperazine rings is 1. The molecule has 27 heavy (non-hydrogen) atoms. The number of carbonyl (C=O) groups excluding carboxylic acids is 1. The highest BCUT2D eigenvalue weighted by Gasteiger charge is 2.28. The first-order chi connectivity index (χ1) is 13.2. The molecule has 2 aromatic rings. The summed E-state index contributed by atoms with van der Waals surface area (Å²) in [4.78, 5) is 19.3. The van der Waals surface area contributed by atoms with Gasteiger partial charge in [-0.25, -0.2) is 0 Å². The molecule has 0 saturated carbocycles. The first-order valence-corrected chi connectivity index (χ1v) is 9.69. The molecule has 142 valence electrons. The van der Waals surface area contributed by atoms with Crippen LogP contribution in [-0.4, -0.2) is 62.1 Å². The maximum absolute atomic E-state index is 12.4. The average molecular weight is 365 g/mol. The van der Waals surface area contributed by atoms with E-state index in [0.717, 1.165) is 62.8 Å². The maximum Gasteiger partial charge on any atom is 0.231 e. The number of benzene rings is 2. The minimum atomic E-state index is 0.195. The molecule has 1 amide bonds. The monoisotopic (exact) mass is 365 g/mol. The van der Waals surface area contributed by atoms with E-state index in [2.05, 4.69) is 40.1 Å². The van der Waals surface area contributed by atoms with Gasteiger partial charge in [-0.1, -0.05) is 30.3 Å². The predicted molar refractivity (Wildman–Crippen MR) is 107 cm³/mol. The SMILES string of the molecule is COc1ccc2c(c1)CC(=O)N2CCN1CCN(Cc2ccccc2)CC1. The van der Waals surface area contributed by atoms with Crippen LogP contribution in [0.4, 0.5) is 5.69 Å². The van der Waals surface area contributed by atoms with Gasteiger partial charge >= 0.3 is 0 Å². The van der Waals surface area contributed by atoms with Crippen LogP contribution in [0.1, 0.15) is 11.1 Å². The molecule has 0 radical (unpaired) electrons. The second-order valence-corrected chi connectivity index (χ2v) is 7.32. The quantitative estimate of drug-likeness (QED) is 0.788. The zero-order valence-electron chi connectivity index (χ0n) is 15.9. The Labute approximate surface area is 161 Å². The van der Waals surface area contributed by atoms with Crippen LogP contribution in [0.5, 0.6) is 5.75 Å². The maximum atomic E-state index is 12.4. The molecule has 0 bridgehead atoms. The molecule has 1 saturated heterocycles. The van der Waals surface area contributed by atoms with Crippen molar-refractivity contribution >= 4 is 11.6 Å². The smallest absolute Gasteiger partial charge is 0.231 e. The number of rotatable bonds is 6. The van der Waals surface area contributed by atoms with E-state index in [0.29, 0.717) is 6.42 Å². The first kappa shape index (κ1) is 18.0. The van der Waals surface area contributed by atoms with Crippen LogP contribution in [0.25, 0.3) is 0 Å². The number of ether oxygens (including phenoxy) is 1. The van der Waals surface area contributed by atoms with Crippen molar-refractivity contribution in [1.29, 1.82) is 0 Å². The van der Waals surface area contributed by atoms with Crippen LogP contribution in [-0.2, 0) is 17.8 Å². The van der Waals surface area contributed by atoms with Crippen molar-refractivity contribution < 1.29 is 9.53 Å². The highest BCUT2D eigenvalue weighted by molar-refractivity contribution is 6.01. The second kappa shape index (κ2) is 8.11. The Balaban J connectivity index is 1.28. The molecular weight excluding hydrogens is 338 g/mol. The summed E-state index contributed by atoms with van der Waals surface area (Å²) in [7, 11) is 1.66. The number of nitrogens with zero attached hydrogens (tertiary/aromatic N) is 3. The van der Waals surface area contributed by atoms with Gasteiger partial charge in [0.1, 0.15) is 5.75 Å². The van der Waals surface area contributed by atoms with Gasteiger partial charge in [-0.2, -0.15) is 0 Å². The molecule has 0 unspecified atom stereocenters. The summed E-state index contributed by atoms with van der Waals surface area (Å²) in [6.07, 6.45) is 0.484. The van der Waals surface area contributed by atoms with Gasteiger partial charge in [-0.15, -0.1) is 0 Å². The minimum Gasteiger partial charge on any atom is -0.497 e. The van der Waals surface area contributed by atoms with Crippen molar-refractivity contribution in [3.05, 3.63) is 59.7 Å². The van der Waals surface area contributed by atoms with Crippen LogP contribution in [0.15, 0.2) is 48.5 Å². The molecule has 2 aromatic carbocycles. The third kappa shape index (κ3) is 4.15. The molecule has 0 spiro atoms. The fraction of sp³-hybridized carbons (Fsp3) is 0.409. The Bertz CT molecular complexity index is 785. The normalized spacial score (nSPS) is 18.0. The molecular formula is C22H27N3O2. The molecule has 2 aliphatic rings. The first-order valence-electron chi connectivity index (χ1n) is 9.69. The van der Waals surface area contributed by atoms with Crippen molar-refractivity contribution in [3.8, 4) is 5.75 Å². The van der Waals surface area contributed by atoms with Gasteiger partial charge in [-0.05, 0) is 29.3 Å². The van der Waals surface area contributed by atoms with E-state index < -0.39 is 0 Å². The van der Waals surface area contributed by atoms with Crippen molar-refractivity contribution in [2.24, 2.45) is 0 Å². The Hall–Kier alpha value is -2.37. The number of amides is 1. The van der Waals surface area contributed by atoms with E-state index >= 15 is 0 Å². The molecule has 0 aromatic heterocycles. The molecule has 0 atom stereocenters. The van der Waals surface area contributed by atoms with Crippen LogP contribution < -0.4 is 9.64 Å². The van der Waals surface area contributed by atoms with Crippen molar-refractivity contribution in [1.82, 2.24) is 9.80 Å². The molecule has 2 aliphatic heterocycles. The van der Waals surface area contributed by atoms with Gasteiger partial charge in [0.25, 0.3) is 0 Å². The van der Waals surface area contributed by atoms with Crippen molar-refractivity contribution in [3.63, 3.8) is 0 Å². The standard InChI is InChI=1S/C22H27N3O2/c1-27-20-7-8-21-19(15-20)16-22(26)25(21)14-13-23-9-11-24(12-10-23)17-18-5-3-2-4-6-18/h2-8,15H,9-14,16-17H2,1H3. The van der Waals surface area contributed by atoms with Crippen LogP contribution >= 0.6 is 0 Å². The van der Waals surface area contributed by atoms with Crippen LogP contribution in [0.3, 0.4) is 0 Å². The topological polar surface area (TPSA) is 36.0 Å². The number of carbonyl (C=O) groups is 1. The number of hydrogen-bond acceptors (Lipinski definition) is 4. The lowest BCUT2D eigenvalue weighted by molar-refractivity contribution is -0.117. The summed E-state index contributed by atoms with van der Waals surface area (Å²) in [5.74, 6) is 1.01. The van der Waals surface area contributed by atoms with Crippen molar-refractivity contribution in [2.45, 2.75) is 13.0 Å². The fourth-order valence-corrected chi connectivity index (χ4v) is 3.99. The Morgan fingerprint density at radius 2 is 1.67 bits per heavy atom. The summed E-state index contributed by atoms with van der Waals surface area (Å²) in [6, 6.07) is 16.6. The minimum absolute atomic E-state index is 0.195. The van der Waals surface area contributed by atoms with Crippen LogP contribution in [0, 0.1) is 0 Å². The number of fused-ring (bicyclic) bond motifs is 1. The van der Waals surface area contributed by atoms with Crippen molar-refractivity contribution in [2.75, 3.05) is 51.3 Å². The molecule has 4 rings (SSSR count). The summed E-state index contributed by atoms with van der Waals surface area (Å²) in [5.41, 5.74) is 3.50. The van der Waals surface area contributed by atoms with Gasteiger partial charge in [0.15, 0.2) is 0 Å². The lowest BCUT2D eigenvalue weighted by atomic mass is 10.1. The molecule has 0 N–H and O–H groups in total. The molecule has 5 heteroatoms.